The molecule has 6 heteroatoms. The molecule has 0 saturated carbocycles. The van der Waals surface area contributed by atoms with Crippen molar-refractivity contribution in [2.24, 2.45) is 0 Å². The van der Waals surface area contributed by atoms with Crippen LogP contribution in [-0.2, 0) is 11.3 Å². The zero-order valence-corrected chi connectivity index (χ0v) is 19.4. The van der Waals surface area contributed by atoms with E-state index in [1.165, 1.54) is 17.7 Å². The lowest BCUT2D eigenvalue weighted by Gasteiger charge is -2.35. The second kappa shape index (κ2) is 9.77. The van der Waals surface area contributed by atoms with E-state index < -0.39 is 0 Å². The molecule has 0 bridgehead atoms. The molecule has 3 heterocycles. The van der Waals surface area contributed by atoms with E-state index in [1.807, 2.05) is 52.9 Å². The van der Waals surface area contributed by atoms with E-state index in [4.69, 9.17) is 0 Å². The van der Waals surface area contributed by atoms with E-state index in [-0.39, 0.29) is 24.1 Å². The number of pyridine rings is 1. The number of nitrogens with zero attached hydrogens (tertiary/aromatic N) is 4. The Balaban J connectivity index is 1.33. The van der Waals surface area contributed by atoms with Crippen molar-refractivity contribution in [2.45, 2.75) is 25.8 Å². The first-order valence-corrected chi connectivity index (χ1v) is 11.8. The quantitative estimate of drug-likeness (QED) is 0.424. The lowest BCUT2D eigenvalue weighted by Crippen LogP contribution is -2.48. The number of carbonyl (C=O) groups excluding carboxylic acids is 1. The van der Waals surface area contributed by atoms with Crippen LogP contribution in [0.4, 0.5) is 4.39 Å². The molecular weight excluding hydrogens is 427 g/mol. The number of benzene rings is 2. The molecule has 1 atom stereocenters. The number of fused-ring (bicyclic) bond motifs is 1. The monoisotopic (exact) mass is 456 g/mol. The number of piperazine rings is 1. The summed E-state index contributed by atoms with van der Waals surface area (Å²) >= 11 is 0. The number of carbonyl (C=O) groups is 1. The minimum absolute atomic E-state index is 0.0932. The van der Waals surface area contributed by atoms with Crippen LogP contribution in [0.25, 0.3) is 5.65 Å². The third-order valence-electron chi connectivity index (χ3n) is 6.66. The summed E-state index contributed by atoms with van der Waals surface area (Å²) in [6, 6.07) is 21.0. The van der Waals surface area contributed by atoms with Crippen molar-refractivity contribution in [1.82, 2.24) is 19.2 Å². The topological polar surface area (TPSA) is 40.9 Å². The number of rotatable bonds is 6. The summed E-state index contributed by atoms with van der Waals surface area (Å²) in [5.41, 5.74) is 4.93. The summed E-state index contributed by atoms with van der Waals surface area (Å²) in [5, 5.41) is 0. The highest BCUT2D eigenvalue weighted by molar-refractivity contribution is 5.78. The molecule has 0 aliphatic carbocycles. The van der Waals surface area contributed by atoms with Gasteiger partial charge >= 0.3 is 0 Å². The number of aryl methyl sites for hydroxylation is 1. The van der Waals surface area contributed by atoms with Crippen molar-refractivity contribution < 1.29 is 9.18 Å². The van der Waals surface area contributed by atoms with Crippen molar-refractivity contribution >= 4 is 11.6 Å². The van der Waals surface area contributed by atoms with Crippen LogP contribution in [-0.4, -0.2) is 51.3 Å². The van der Waals surface area contributed by atoms with E-state index in [0.29, 0.717) is 13.1 Å². The van der Waals surface area contributed by atoms with E-state index in [9.17, 15) is 9.18 Å². The van der Waals surface area contributed by atoms with Gasteiger partial charge in [0.2, 0.25) is 5.91 Å². The normalized spacial score (nSPS) is 15.5. The maximum absolute atomic E-state index is 14.1. The first-order chi connectivity index (χ1) is 16.6. The van der Waals surface area contributed by atoms with Gasteiger partial charge in [0.25, 0.3) is 0 Å². The summed E-state index contributed by atoms with van der Waals surface area (Å²) < 4.78 is 16.1. The summed E-state index contributed by atoms with van der Waals surface area (Å²) in [6.07, 6.45) is 4.07. The van der Waals surface area contributed by atoms with E-state index in [1.54, 1.807) is 6.07 Å². The van der Waals surface area contributed by atoms with Gasteiger partial charge in [-0.2, -0.15) is 0 Å². The first-order valence-electron chi connectivity index (χ1n) is 11.8. The van der Waals surface area contributed by atoms with Crippen molar-refractivity contribution in [3.05, 3.63) is 107 Å². The second-order valence-electron chi connectivity index (χ2n) is 9.07. The van der Waals surface area contributed by atoms with Crippen molar-refractivity contribution in [3.63, 3.8) is 0 Å². The minimum atomic E-state index is -0.297. The van der Waals surface area contributed by atoms with Gasteiger partial charge < -0.3 is 9.30 Å². The number of aromatic nitrogens is 2. The standard InChI is InChI=1S/C28H29FN4O/c1-21-10-11-33-26(19-30-27(33)16-21)25(23-8-5-9-24(29)17-23)18-28(34)32-14-12-31(13-15-32)20-22-6-3-2-4-7-22/h2-11,16-17,19,25H,12-15,18,20H2,1H3. The number of amides is 1. The predicted molar refractivity (Wildman–Crippen MR) is 131 cm³/mol. The molecule has 2 aromatic heterocycles. The molecule has 1 amide bonds. The van der Waals surface area contributed by atoms with Gasteiger partial charge in [-0.1, -0.05) is 42.5 Å². The Morgan fingerprint density at radius 2 is 1.79 bits per heavy atom. The molecule has 0 radical (unpaired) electrons. The molecule has 5 rings (SSSR count). The van der Waals surface area contributed by atoms with Gasteiger partial charge in [-0.15, -0.1) is 0 Å². The number of hydrogen-bond acceptors (Lipinski definition) is 3. The average molecular weight is 457 g/mol. The highest BCUT2D eigenvalue weighted by Gasteiger charge is 2.27. The van der Waals surface area contributed by atoms with E-state index in [2.05, 4.69) is 34.1 Å². The third kappa shape index (κ3) is 4.87. The maximum atomic E-state index is 14.1. The van der Waals surface area contributed by atoms with Crippen LogP contribution < -0.4 is 0 Å². The molecule has 1 saturated heterocycles. The number of halogens is 1. The molecular formula is C28H29FN4O. The fraction of sp³-hybridized carbons (Fsp3) is 0.286. The van der Waals surface area contributed by atoms with Gasteiger partial charge in [0.15, 0.2) is 0 Å². The fourth-order valence-electron chi connectivity index (χ4n) is 4.78. The van der Waals surface area contributed by atoms with Crippen LogP contribution in [0.3, 0.4) is 0 Å². The van der Waals surface area contributed by atoms with E-state index >= 15 is 0 Å². The molecule has 5 nitrogen and oxygen atoms in total. The Labute approximate surface area is 199 Å². The molecule has 174 valence electrons. The Bertz CT molecular complexity index is 1280. The molecule has 1 aliphatic heterocycles. The van der Waals surface area contributed by atoms with Crippen LogP contribution >= 0.6 is 0 Å². The van der Waals surface area contributed by atoms with Crippen LogP contribution in [0.5, 0.6) is 0 Å². The third-order valence-corrected chi connectivity index (χ3v) is 6.66. The lowest BCUT2D eigenvalue weighted by atomic mass is 9.92. The second-order valence-corrected chi connectivity index (χ2v) is 9.07. The highest BCUT2D eigenvalue weighted by Crippen LogP contribution is 2.30. The number of imidazole rings is 1. The summed E-state index contributed by atoms with van der Waals surface area (Å²) in [6.45, 7) is 6.03. The zero-order valence-electron chi connectivity index (χ0n) is 19.4. The summed E-state index contributed by atoms with van der Waals surface area (Å²) in [5.74, 6) is -0.479. The minimum Gasteiger partial charge on any atom is -0.340 e. The van der Waals surface area contributed by atoms with Crippen LogP contribution in [0.2, 0.25) is 0 Å². The SMILES string of the molecule is Cc1ccn2c(C(CC(=O)N3CCN(Cc4ccccc4)CC3)c3cccc(F)c3)cnc2c1. The van der Waals surface area contributed by atoms with Gasteiger partial charge in [-0.3, -0.25) is 9.69 Å². The largest absolute Gasteiger partial charge is 0.340 e. The highest BCUT2D eigenvalue weighted by atomic mass is 19.1. The molecule has 1 fully saturated rings. The molecule has 1 aliphatic rings. The molecule has 4 aromatic rings. The van der Waals surface area contributed by atoms with Crippen molar-refractivity contribution in [1.29, 1.82) is 0 Å². The van der Waals surface area contributed by atoms with Crippen LogP contribution in [0.15, 0.2) is 79.1 Å². The Kier molecular flexibility index (Phi) is 6.41. The Morgan fingerprint density at radius 1 is 1.00 bits per heavy atom. The number of hydrogen-bond donors (Lipinski definition) is 0. The molecule has 2 aromatic carbocycles. The average Bonchev–Trinajstić information content (AvgIpc) is 3.26. The molecule has 1 unspecified atom stereocenters. The summed E-state index contributed by atoms with van der Waals surface area (Å²) in [4.78, 5) is 22.3. The Morgan fingerprint density at radius 3 is 2.56 bits per heavy atom. The van der Waals surface area contributed by atoms with Crippen molar-refractivity contribution in [2.75, 3.05) is 26.2 Å². The van der Waals surface area contributed by atoms with Gasteiger partial charge in [0, 0.05) is 57.5 Å². The van der Waals surface area contributed by atoms with E-state index in [0.717, 1.165) is 42.1 Å². The fourth-order valence-corrected chi connectivity index (χ4v) is 4.78. The smallest absolute Gasteiger partial charge is 0.223 e. The predicted octanol–water partition coefficient (Wildman–Crippen LogP) is 4.65. The zero-order chi connectivity index (χ0) is 23.5. The molecule has 0 spiro atoms. The molecule has 0 N–H and O–H groups in total. The van der Waals surface area contributed by atoms with Crippen LogP contribution in [0.1, 0.15) is 34.7 Å². The lowest BCUT2D eigenvalue weighted by molar-refractivity contribution is -0.133. The summed E-state index contributed by atoms with van der Waals surface area (Å²) in [7, 11) is 0. The van der Waals surface area contributed by atoms with Gasteiger partial charge in [-0.05, 0) is 47.9 Å². The first kappa shape index (κ1) is 22.3. The van der Waals surface area contributed by atoms with Crippen LogP contribution in [0, 0.1) is 12.7 Å². The van der Waals surface area contributed by atoms with Crippen molar-refractivity contribution in [3.8, 4) is 0 Å². The van der Waals surface area contributed by atoms with Gasteiger partial charge in [0.1, 0.15) is 11.5 Å². The van der Waals surface area contributed by atoms with Gasteiger partial charge in [-0.25, -0.2) is 9.37 Å². The Hall–Kier alpha value is -3.51. The molecule has 34 heavy (non-hydrogen) atoms. The van der Waals surface area contributed by atoms with Gasteiger partial charge in [0.05, 0.1) is 5.69 Å². The maximum Gasteiger partial charge on any atom is 0.223 e.